The number of nitrogens with zero attached hydrogens (tertiary/aromatic N) is 1. The van der Waals surface area contributed by atoms with Crippen molar-refractivity contribution >= 4 is 0 Å². The highest BCUT2D eigenvalue weighted by atomic mass is 15.2. The summed E-state index contributed by atoms with van der Waals surface area (Å²) < 4.78 is 0. The standard InChI is InChI=1S/C16H30N2/c17-12-16(9-3-1-2-4-10-16)13-18(15-7-8-15)11-14-5-6-14/h14-15H,1-13,17H2. The molecule has 2 N–H and O–H groups in total. The van der Waals surface area contributed by atoms with Crippen LogP contribution in [0, 0.1) is 11.3 Å². The highest BCUT2D eigenvalue weighted by Crippen LogP contribution is 2.40. The van der Waals surface area contributed by atoms with E-state index in [1.54, 1.807) is 0 Å². The van der Waals surface area contributed by atoms with E-state index in [4.69, 9.17) is 5.73 Å². The van der Waals surface area contributed by atoms with Crippen molar-refractivity contribution < 1.29 is 0 Å². The maximum absolute atomic E-state index is 6.20. The Morgan fingerprint density at radius 2 is 1.61 bits per heavy atom. The van der Waals surface area contributed by atoms with Crippen molar-refractivity contribution in [2.45, 2.75) is 70.3 Å². The van der Waals surface area contributed by atoms with Crippen LogP contribution in [-0.4, -0.2) is 30.6 Å². The predicted octanol–water partition coefficient (Wildman–Crippen LogP) is 3.16. The van der Waals surface area contributed by atoms with Crippen LogP contribution in [0.25, 0.3) is 0 Å². The van der Waals surface area contributed by atoms with Crippen LogP contribution < -0.4 is 5.73 Å². The molecule has 3 fully saturated rings. The molecular weight excluding hydrogens is 220 g/mol. The summed E-state index contributed by atoms with van der Waals surface area (Å²) in [6, 6.07) is 0.928. The number of nitrogens with two attached hydrogens (primary N) is 1. The largest absolute Gasteiger partial charge is 0.330 e. The minimum atomic E-state index is 0.466. The molecule has 0 radical (unpaired) electrons. The van der Waals surface area contributed by atoms with Gasteiger partial charge in [-0.25, -0.2) is 0 Å². The first-order valence-corrected chi connectivity index (χ1v) is 8.25. The van der Waals surface area contributed by atoms with E-state index >= 15 is 0 Å². The smallest absolute Gasteiger partial charge is 0.00967 e. The number of hydrogen-bond acceptors (Lipinski definition) is 2. The lowest BCUT2D eigenvalue weighted by atomic mass is 9.79. The van der Waals surface area contributed by atoms with Crippen LogP contribution in [0.5, 0.6) is 0 Å². The number of rotatable bonds is 6. The van der Waals surface area contributed by atoms with E-state index in [0.29, 0.717) is 5.41 Å². The molecule has 2 heteroatoms. The molecule has 18 heavy (non-hydrogen) atoms. The maximum atomic E-state index is 6.20. The molecule has 3 aliphatic carbocycles. The van der Waals surface area contributed by atoms with Gasteiger partial charge in [0, 0.05) is 19.1 Å². The maximum Gasteiger partial charge on any atom is 0.00967 e. The molecule has 3 saturated carbocycles. The van der Waals surface area contributed by atoms with Gasteiger partial charge in [-0.15, -0.1) is 0 Å². The first-order chi connectivity index (χ1) is 8.81. The van der Waals surface area contributed by atoms with E-state index in [-0.39, 0.29) is 0 Å². The average molecular weight is 250 g/mol. The summed E-state index contributed by atoms with van der Waals surface area (Å²) in [6.45, 7) is 3.61. The van der Waals surface area contributed by atoms with Gasteiger partial charge < -0.3 is 5.73 Å². The van der Waals surface area contributed by atoms with E-state index in [9.17, 15) is 0 Å². The summed E-state index contributed by atoms with van der Waals surface area (Å²) in [5.74, 6) is 1.03. The lowest BCUT2D eigenvalue weighted by Gasteiger charge is -2.37. The molecule has 0 amide bonds. The van der Waals surface area contributed by atoms with Crippen molar-refractivity contribution in [3.05, 3.63) is 0 Å². The Balaban J connectivity index is 1.61. The monoisotopic (exact) mass is 250 g/mol. The van der Waals surface area contributed by atoms with Gasteiger partial charge in [0.2, 0.25) is 0 Å². The van der Waals surface area contributed by atoms with E-state index in [1.165, 1.54) is 77.3 Å². The van der Waals surface area contributed by atoms with Crippen molar-refractivity contribution in [1.82, 2.24) is 4.90 Å². The second-order valence-electron chi connectivity index (χ2n) is 7.22. The van der Waals surface area contributed by atoms with Crippen molar-refractivity contribution in [1.29, 1.82) is 0 Å². The summed E-state index contributed by atoms with van der Waals surface area (Å²) in [6.07, 6.45) is 14.4. The number of hydrogen-bond donors (Lipinski definition) is 1. The van der Waals surface area contributed by atoms with E-state index in [0.717, 1.165) is 18.5 Å². The van der Waals surface area contributed by atoms with Crippen LogP contribution in [0.4, 0.5) is 0 Å². The minimum absolute atomic E-state index is 0.466. The topological polar surface area (TPSA) is 29.3 Å². The Bertz CT molecular complexity index is 260. The van der Waals surface area contributed by atoms with Gasteiger partial charge in [0.15, 0.2) is 0 Å². The third-order valence-corrected chi connectivity index (χ3v) is 5.39. The zero-order chi connectivity index (χ0) is 12.4. The summed E-state index contributed by atoms with van der Waals surface area (Å²) in [7, 11) is 0. The molecule has 0 saturated heterocycles. The first-order valence-electron chi connectivity index (χ1n) is 8.25. The molecule has 0 heterocycles. The van der Waals surface area contributed by atoms with Crippen molar-refractivity contribution in [3.63, 3.8) is 0 Å². The Labute approximate surface area is 112 Å². The van der Waals surface area contributed by atoms with Crippen LogP contribution in [0.2, 0.25) is 0 Å². The minimum Gasteiger partial charge on any atom is -0.330 e. The van der Waals surface area contributed by atoms with Crippen molar-refractivity contribution in [2.24, 2.45) is 17.1 Å². The van der Waals surface area contributed by atoms with Gasteiger partial charge in [-0.05, 0) is 56.4 Å². The SMILES string of the molecule is NCC1(CN(CC2CC2)C2CC2)CCCCCC1. The molecule has 0 aromatic rings. The fraction of sp³-hybridized carbons (Fsp3) is 1.00. The normalized spacial score (nSPS) is 28.3. The quantitative estimate of drug-likeness (QED) is 0.734. The fourth-order valence-electron chi connectivity index (χ4n) is 3.75. The molecule has 0 aliphatic heterocycles. The molecule has 0 aromatic heterocycles. The average Bonchev–Trinajstić information content (AvgIpc) is 3.23. The zero-order valence-electron chi connectivity index (χ0n) is 11.9. The molecular formula is C16H30N2. The van der Waals surface area contributed by atoms with Gasteiger partial charge >= 0.3 is 0 Å². The highest BCUT2D eigenvalue weighted by Gasteiger charge is 2.39. The second kappa shape index (κ2) is 5.50. The van der Waals surface area contributed by atoms with Crippen LogP contribution in [0.1, 0.15) is 64.2 Å². The van der Waals surface area contributed by atoms with Crippen LogP contribution in [0.15, 0.2) is 0 Å². The summed E-state index contributed by atoms with van der Waals surface area (Å²) in [5.41, 5.74) is 6.66. The molecule has 0 unspecified atom stereocenters. The Morgan fingerprint density at radius 3 is 2.11 bits per heavy atom. The second-order valence-corrected chi connectivity index (χ2v) is 7.22. The Kier molecular flexibility index (Phi) is 3.95. The summed E-state index contributed by atoms with van der Waals surface area (Å²) >= 11 is 0. The molecule has 0 aromatic carbocycles. The predicted molar refractivity (Wildman–Crippen MR) is 76.5 cm³/mol. The highest BCUT2D eigenvalue weighted by molar-refractivity contribution is 4.94. The van der Waals surface area contributed by atoms with Crippen LogP contribution in [0.3, 0.4) is 0 Å². The summed E-state index contributed by atoms with van der Waals surface area (Å²) in [5, 5.41) is 0. The lowest BCUT2D eigenvalue weighted by molar-refractivity contribution is 0.125. The molecule has 0 bridgehead atoms. The Hall–Kier alpha value is -0.0800. The fourth-order valence-corrected chi connectivity index (χ4v) is 3.75. The first kappa shape index (κ1) is 12.9. The molecule has 3 aliphatic rings. The van der Waals surface area contributed by atoms with Crippen LogP contribution in [-0.2, 0) is 0 Å². The van der Waals surface area contributed by atoms with E-state index in [1.807, 2.05) is 0 Å². The van der Waals surface area contributed by atoms with Crippen molar-refractivity contribution in [3.8, 4) is 0 Å². The van der Waals surface area contributed by atoms with E-state index in [2.05, 4.69) is 4.90 Å². The van der Waals surface area contributed by atoms with Gasteiger partial charge in [-0.1, -0.05) is 25.7 Å². The van der Waals surface area contributed by atoms with E-state index < -0.39 is 0 Å². The molecule has 0 spiro atoms. The molecule has 3 rings (SSSR count). The molecule has 104 valence electrons. The lowest BCUT2D eigenvalue weighted by Crippen LogP contribution is -2.44. The van der Waals surface area contributed by atoms with Gasteiger partial charge in [0.25, 0.3) is 0 Å². The molecule has 0 atom stereocenters. The zero-order valence-corrected chi connectivity index (χ0v) is 11.9. The summed E-state index contributed by atoms with van der Waals surface area (Å²) in [4.78, 5) is 2.83. The van der Waals surface area contributed by atoms with Gasteiger partial charge in [-0.3, -0.25) is 4.90 Å². The van der Waals surface area contributed by atoms with Gasteiger partial charge in [0.05, 0.1) is 0 Å². The third-order valence-electron chi connectivity index (χ3n) is 5.39. The van der Waals surface area contributed by atoms with Crippen molar-refractivity contribution in [2.75, 3.05) is 19.6 Å². The Morgan fingerprint density at radius 1 is 0.944 bits per heavy atom. The van der Waals surface area contributed by atoms with Gasteiger partial charge in [-0.2, -0.15) is 0 Å². The third kappa shape index (κ3) is 3.27. The molecule has 2 nitrogen and oxygen atoms in total. The van der Waals surface area contributed by atoms with Gasteiger partial charge in [0.1, 0.15) is 0 Å². The van der Waals surface area contributed by atoms with Crippen LogP contribution >= 0.6 is 0 Å².